The normalized spacial score (nSPS) is 28.9. The van der Waals surface area contributed by atoms with Crippen LogP contribution in [-0.4, -0.2) is 67.5 Å². The van der Waals surface area contributed by atoms with Gasteiger partial charge in [-0.3, -0.25) is 4.98 Å². The Bertz CT molecular complexity index is 623. The molecule has 1 aromatic heterocycles. The van der Waals surface area contributed by atoms with Crippen molar-refractivity contribution in [3.8, 4) is 0 Å². The lowest BCUT2D eigenvalue weighted by Crippen LogP contribution is -2.50. The van der Waals surface area contributed by atoms with Crippen molar-refractivity contribution in [2.45, 2.75) is 37.7 Å². The fourth-order valence-corrected chi connectivity index (χ4v) is 4.54. The zero-order valence-electron chi connectivity index (χ0n) is 13.5. The molecule has 1 saturated carbocycles. The van der Waals surface area contributed by atoms with Crippen molar-refractivity contribution in [1.82, 2.24) is 13.6 Å². The minimum absolute atomic E-state index is 0.0426. The molecule has 2 bridgehead atoms. The fraction of sp³-hybridized carbons (Fsp3) is 0.667. The molecule has 2 heterocycles. The second-order valence-electron chi connectivity index (χ2n) is 6.09. The number of pyridine rings is 1. The largest absolute Gasteiger partial charge is 0.374 e. The summed E-state index contributed by atoms with van der Waals surface area (Å²) in [6, 6.07) is 3.63. The first-order valence-corrected chi connectivity index (χ1v) is 9.21. The number of hydrogen-bond donors (Lipinski definition) is 0. The van der Waals surface area contributed by atoms with E-state index in [9.17, 15) is 8.42 Å². The van der Waals surface area contributed by atoms with Crippen LogP contribution in [0.25, 0.3) is 0 Å². The molecule has 1 aromatic rings. The van der Waals surface area contributed by atoms with Crippen molar-refractivity contribution in [3.63, 3.8) is 0 Å². The van der Waals surface area contributed by atoms with Crippen molar-refractivity contribution in [1.29, 1.82) is 0 Å². The summed E-state index contributed by atoms with van der Waals surface area (Å²) in [5, 5.41) is 0. The first-order valence-electron chi connectivity index (χ1n) is 7.81. The highest BCUT2D eigenvalue weighted by atomic mass is 32.2. The Morgan fingerprint density at radius 2 is 2.26 bits per heavy atom. The van der Waals surface area contributed by atoms with E-state index in [2.05, 4.69) is 4.98 Å². The Morgan fingerprint density at radius 1 is 1.43 bits per heavy atom. The summed E-state index contributed by atoms with van der Waals surface area (Å²) in [4.78, 5) is 4.07. The number of hydrogen-bond acceptors (Lipinski definition) is 5. The highest BCUT2D eigenvalue weighted by molar-refractivity contribution is 7.86. The number of fused-ring (bicyclic) bond motifs is 2. The molecule has 1 aliphatic heterocycles. The Hall–Kier alpha value is -1.06. The van der Waals surface area contributed by atoms with E-state index in [1.807, 2.05) is 12.1 Å². The summed E-state index contributed by atoms with van der Waals surface area (Å²) in [6.45, 7) is 1.18. The van der Waals surface area contributed by atoms with Gasteiger partial charge in [0, 0.05) is 33.0 Å². The van der Waals surface area contributed by atoms with Crippen molar-refractivity contribution < 1.29 is 17.9 Å². The van der Waals surface area contributed by atoms with Crippen LogP contribution in [-0.2, 0) is 26.3 Å². The number of rotatable bonds is 5. The lowest BCUT2D eigenvalue weighted by atomic mass is 10.2. The van der Waals surface area contributed by atoms with Crippen molar-refractivity contribution in [2.75, 3.05) is 27.2 Å². The Morgan fingerprint density at radius 3 is 2.96 bits per heavy atom. The Balaban J connectivity index is 1.77. The number of ether oxygens (including phenoxy) is 2. The molecule has 2 fully saturated rings. The van der Waals surface area contributed by atoms with Gasteiger partial charge in [-0.15, -0.1) is 0 Å². The first kappa shape index (κ1) is 16.8. The molecule has 0 N–H and O–H groups in total. The molecule has 3 atom stereocenters. The molecule has 3 rings (SSSR count). The standard InChI is InChI=1S/C15H23N3O4S/c1-17(2)23(19,20)18-8-9-21-14-6-5-13(18)15(14)22-11-12-4-3-7-16-10-12/h3-4,7,10,13-15H,5-6,8-9,11H2,1-2H3/t13-,14-,15-/m0/s1. The first-order chi connectivity index (χ1) is 11.0. The van der Waals surface area contributed by atoms with Gasteiger partial charge >= 0.3 is 0 Å². The maximum Gasteiger partial charge on any atom is 0.281 e. The van der Waals surface area contributed by atoms with Crippen LogP contribution in [0, 0.1) is 0 Å². The fourth-order valence-electron chi connectivity index (χ4n) is 3.25. The monoisotopic (exact) mass is 341 g/mol. The summed E-state index contributed by atoms with van der Waals surface area (Å²) >= 11 is 0. The van der Waals surface area contributed by atoms with Crippen LogP contribution in [0.2, 0.25) is 0 Å². The van der Waals surface area contributed by atoms with E-state index in [1.54, 1.807) is 26.5 Å². The third-order valence-corrected chi connectivity index (χ3v) is 6.40. The van der Waals surface area contributed by atoms with Crippen LogP contribution in [0.15, 0.2) is 24.5 Å². The smallest absolute Gasteiger partial charge is 0.281 e. The van der Waals surface area contributed by atoms with E-state index in [-0.39, 0.29) is 18.2 Å². The average molecular weight is 341 g/mol. The lowest BCUT2D eigenvalue weighted by Gasteiger charge is -2.32. The van der Waals surface area contributed by atoms with Crippen LogP contribution < -0.4 is 0 Å². The van der Waals surface area contributed by atoms with E-state index in [4.69, 9.17) is 9.47 Å². The summed E-state index contributed by atoms with van der Waals surface area (Å²) in [7, 11) is -0.370. The number of aromatic nitrogens is 1. The van der Waals surface area contributed by atoms with Gasteiger partial charge in [-0.05, 0) is 24.5 Å². The number of nitrogens with zero attached hydrogens (tertiary/aromatic N) is 3. The Labute approximate surface area is 137 Å². The van der Waals surface area contributed by atoms with Gasteiger partial charge in [-0.2, -0.15) is 17.0 Å². The third kappa shape index (κ3) is 3.41. The minimum atomic E-state index is -3.48. The molecule has 7 nitrogen and oxygen atoms in total. The van der Waals surface area contributed by atoms with Gasteiger partial charge in [0.1, 0.15) is 6.10 Å². The van der Waals surface area contributed by atoms with Gasteiger partial charge in [0.15, 0.2) is 0 Å². The van der Waals surface area contributed by atoms with E-state index < -0.39 is 10.2 Å². The molecular formula is C15H23N3O4S. The van der Waals surface area contributed by atoms with Crippen molar-refractivity contribution in [3.05, 3.63) is 30.1 Å². The second kappa shape index (κ2) is 6.82. The van der Waals surface area contributed by atoms with E-state index >= 15 is 0 Å². The summed E-state index contributed by atoms with van der Waals surface area (Å²) in [6.07, 6.45) is 4.77. The predicted molar refractivity (Wildman–Crippen MR) is 84.9 cm³/mol. The molecule has 2 aliphatic rings. The molecular weight excluding hydrogens is 318 g/mol. The van der Waals surface area contributed by atoms with Gasteiger partial charge in [0.25, 0.3) is 10.2 Å². The summed E-state index contributed by atoms with van der Waals surface area (Å²) in [5.74, 6) is 0. The van der Waals surface area contributed by atoms with Gasteiger partial charge in [-0.25, -0.2) is 0 Å². The minimum Gasteiger partial charge on any atom is -0.374 e. The van der Waals surface area contributed by atoms with Gasteiger partial charge in [0.05, 0.1) is 25.4 Å². The van der Waals surface area contributed by atoms with Crippen molar-refractivity contribution >= 4 is 10.2 Å². The molecule has 128 valence electrons. The molecule has 0 aromatic carbocycles. The zero-order valence-corrected chi connectivity index (χ0v) is 14.3. The Kier molecular flexibility index (Phi) is 4.98. The summed E-state index contributed by atoms with van der Waals surface area (Å²) in [5.41, 5.74) is 0.971. The highest BCUT2D eigenvalue weighted by Crippen LogP contribution is 2.34. The molecule has 1 saturated heterocycles. The van der Waals surface area contributed by atoms with Crippen LogP contribution in [0.4, 0.5) is 0 Å². The maximum absolute atomic E-state index is 12.6. The van der Waals surface area contributed by atoms with Crippen LogP contribution in [0.1, 0.15) is 18.4 Å². The second-order valence-corrected chi connectivity index (χ2v) is 8.19. The molecule has 0 amide bonds. The molecule has 0 unspecified atom stereocenters. The van der Waals surface area contributed by atoms with Crippen LogP contribution >= 0.6 is 0 Å². The quantitative estimate of drug-likeness (QED) is 0.786. The predicted octanol–water partition coefficient (Wildman–Crippen LogP) is 0.636. The molecule has 1 aliphatic carbocycles. The lowest BCUT2D eigenvalue weighted by molar-refractivity contribution is -0.0584. The van der Waals surface area contributed by atoms with E-state index in [1.165, 1.54) is 8.61 Å². The average Bonchev–Trinajstić information content (AvgIpc) is 2.80. The third-order valence-electron chi connectivity index (χ3n) is 4.43. The molecule has 0 radical (unpaired) electrons. The maximum atomic E-state index is 12.6. The van der Waals surface area contributed by atoms with Crippen molar-refractivity contribution in [2.24, 2.45) is 0 Å². The van der Waals surface area contributed by atoms with Gasteiger partial charge < -0.3 is 9.47 Å². The molecule has 0 spiro atoms. The molecule has 23 heavy (non-hydrogen) atoms. The van der Waals surface area contributed by atoms with E-state index in [0.29, 0.717) is 19.8 Å². The van der Waals surface area contributed by atoms with Gasteiger partial charge in [0.2, 0.25) is 0 Å². The van der Waals surface area contributed by atoms with Crippen LogP contribution in [0.5, 0.6) is 0 Å². The van der Waals surface area contributed by atoms with E-state index in [0.717, 1.165) is 18.4 Å². The SMILES string of the molecule is CN(C)S(=O)(=O)N1CCO[C@H]2CC[C@H]1[C@@H]2OCc1cccnc1. The summed E-state index contributed by atoms with van der Waals surface area (Å²) < 4.78 is 39.8. The van der Waals surface area contributed by atoms with Gasteiger partial charge in [-0.1, -0.05) is 6.07 Å². The van der Waals surface area contributed by atoms with Crippen LogP contribution in [0.3, 0.4) is 0 Å². The molecule has 8 heteroatoms. The topological polar surface area (TPSA) is 72.0 Å². The highest BCUT2D eigenvalue weighted by Gasteiger charge is 2.47. The zero-order chi connectivity index (χ0) is 16.4.